The first-order chi connectivity index (χ1) is 11.7. The molecule has 0 spiro atoms. The van der Waals surface area contributed by atoms with Gasteiger partial charge in [0.05, 0.1) is 12.3 Å². The summed E-state index contributed by atoms with van der Waals surface area (Å²) in [5.41, 5.74) is 2.28. The number of hydrogen-bond acceptors (Lipinski definition) is 3. The van der Waals surface area contributed by atoms with E-state index < -0.39 is 0 Å². The van der Waals surface area contributed by atoms with Gasteiger partial charge >= 0.3 is 0 Å². The fraction of sp³-hybridized carbons (Fsp3) is 0.526. The summed E-state index contributed by atoms with van der Waals surface area (Å²) >= 11 is 0. The maximum absolute atomic E-state index is 12.1. The predicted molar refractivity (Wildman–Crippen MR) is 92.4 cm³/mol. The molecule has 1 N–H and O–H groups in total. The molecule has 0 saturated heterocycles. The average Bonchev–Trinajstić information content (AvgIpc) is 3.06. The Morgan fingerprint density at radius 3 is 2.88 bits per heavy atom. The molecule has 128 valence electrons. The van der Waals surface area contributed by atoms with Gasteiger partial charge in [-0.3, -0.25) is 9.59 Å². The minimum atomic E-state index is -0.160. The minimum absolute atomic E-state index is 0.00445. The zero-order valence-electron chi connectivity index (χ0n) is 14.1. The van der Waals surface area contributed by atoms with Crippen molar-refractivity contribution >= 4 is 17.5 Å². The molecule has 5 heteroatoms. The maximum atomic E-state index is 12.1. The molecule has 0 bridgehead atoms. The van der Waals surface area contributed by atoms with Gasteiger partial charge in [0.2, 0.25) is 11.8 Å². The standard InChI is InChI=1S/C19H24N2O3/c1-24-12-14-10-19(23)21-17-11-15(7-8-16(14)17)20-18(22)9-6-13-4-2-3-5-13/h7-8,10-11,13,16H,2-6,9,12H2,1H3,(H,21,23). The first kappa shape index (κ1) is 16.8. The Morgan fingerprint density at radius 1 is 1.33 bits per heavy atom. The first-order valence-corrected chi connectivity index (χ1v) is 8.67. The molecule has 2 amide bonds. The number of amides is 2. The smallest absolute Gasteiger partial charge is 0.248 e. The Morgan fingerprint density at radius 2 is 2.12 bits per heavy atom. The lowest BCUT2D eigenvalue weighted by atomic mass is 9.88. The average molecular weight is 328 g/mol. The van der Waals surface area contributed by atoms with Crippen molar-refractivity contribution in [2.75, 3.05) is 13.7 Å². The van der Waals surface area contributed by atoms with Crippen molar-refractivity contribution in [3.8, 4) is 0 Å². The number of fused-ring (bicyclic) bond motifs is 1. The zero-order chi connectivity index (χ0) is 16.9. The van der Waals surface area contributed by atoms with E-state index in [4.69, 9.17) is 4.74 Å². The van der Waals surface area contributed by atoms with Crippen LogP contribution in [0.25, 0.3) is 0 Å². The van der Waals surface area contributed by atoms with Crippen molar-refractivity contribution in [3.05, 3.63) is 35.6 Å². The van der Waals surface area contributed by atoms with Crippen LogP contribution >= 0.6 is 0 Å². The molecule has 5 nitrogen and oxygen atoms in total. The summed E-state index contributed by atoms with van der Waals surface area (Å²) in [6, 6.07) is 0. The molecule has 0 aromatic heterocycles. The molecule has 1 heterocycles. The molecule has 1 saturated carbocycles. The van der Waals surface area contributed by atoms with Crippen LogP contribution in [0.4, 0.5) is 0 Å². The number of hydrogen-bond donors (Lipinski definition) is 1. The molecule has 3 rings (SSSR count). The van der Waals surface area contributed by atoms with E-state index in [1.165, 1.54) is 25.7 Å². The van der Waals surface area contributed by atoms with Crippen LogP contribution in [0.3, 0.4) is 0 Å². The quantitative estimate of drug-likeness (QED) is 0.844. The lowest BCUT2D eigenvalue weighted by Gasteiger charge is -2.27. The summed E-state index contributed by atoms with van der Waals surface area (Å²) in [7, 11) is 1.61. The van der Waals surface area contributed by atoms with Gasteiger partial charge in [-0.25, -0.2) is 4.99 Å². The Hall–Kier alpha value is -2.01. The minimum Gasteiger partial charge on any atom is -0.380 e. The highest BCUT2D eigenvalue weighted by molar-refractivity contribution is 6.11. The molecule has 3 aliphatic rings. The molecule has 0 aromatic carbocycles. The highest BCUT2D eigenvalue weighted by atomic mass is 16.5. The fourth-order valence-corrected chi connectivity index (χ4v) is 3.66. The molecule has 0 radical (unpaired) electrons. The topological polar surface area (TPSA) is 67.8 Å². The van der Waals surface area contributed by atoms with Crippen molar-refractivity contribution in [2.45, 2.75) is 38.5 Å². The first-order valence-electron chi connectivity index (χ1n) is 8.67. The number of nitrogens with zero attached hydrogens (tertiary/aromatic N) is 1. The molecular formula is C19H24N2O3. The van der Waals surface area contributed by atoms with Crippen LogP contribution in [0, 0.1) is 11.8 Å². The number of nitrogens with one attached hydrogen (secondary N) is 1. The van der Waals surface area contributed by atoms with Crippen LogP contribution in [0.1, 0.15) is 38.5 Å². The van der Waals surface area contributed by atoms with Gasteiger partial charge < -0.3 is 10.1 Å². The summed E-state index contributed by atoms with van der Waals surface area (Å²) < 4.78 is 5.16. The van der Waals surface area contributed by atoms with Crippen molar-refractivity contribution in [3.63, 3.8) is 0 Å². The number of methoxy groups -OCH3 is 1. The SMILES string of the molecule is COCC1=CC(=O)NC2=CC(=NC(=O)CCC3CCCC3)C=CC12. The van der Waals surface area contributed by atoms with Crippen molar-refractivity contribution < 1.29 is 14.3 Å². The van der Waals surface area contributed by atoms with E-state index in [1.54, 1.807) is 19.3 Å². The summed E-state index contributed by atoms with van der Waals surface area (Å²) in [6.07, 6.45) is 13.7. The van der Waals surface area contributed by atoms with Gasteiger partial charge in [-0.1, -0.05) is 31.8 Å². The van der Waals surface area contributed by atoms with Gasteiger partial charge in [-0.2, -0.15) is 0 Å². The second-order valence-electron chi connectivity index (χ2n) is 6.70. The van der Waals surface area contributed by atoms with E-state index in [0.717, 1.165) is 17.7 Å². The van der Waals surface area contributed by atoms with Crippen molar-refractivity contribution in [1.82, 2.24) is 5.32 Å². The Balaban J connectivity index is 1.64. The lowest BCUT2D eigenvalue weighted by molar-refractivity contribution is -0.118. The van der Waals surface area contributed by atoms with E-state index in [-0.39, 0.29) is 17.7 Å². The van der Waals surface area contributed by atoms with Crippen molar-refractivity contribution in [1.29, 1.82) is 0 Å². The van der Waals surface area contributed by atoms with Gasteiger partial charge in [-0.05, 0) is 30.1 Å². The number of aliphatic imine (C=N–C) groups is 1. The highest BCUT2D eigenvalue weighted by Crippen LogP contribution is 2.29. The number of allylic oxidation sites excluding steroid dienone is 3. The summed E-state index contributed by atoms with van der Waals surface area (Å²) in [4.78, 5) is 28.1. The number of carbonyl (C=O) groups is 2. The summed E-state index contributed by atoms with van der Waals surface area (Å²) in [5, 5.41) is 2.83. The van der Waals surface area contributed by atoms with Crippen molar-refractivity contribution in [2.24, 2.45) is 16.8 Å². The molecule has 1 aliphatic heterocycles. The Bertz CT molecular complexity index is 637. The molecule has 1 atom stereocenters. The zero-order valence-corrected chi connectivity index (χ0v) is 14.1. The van der Waals surface area contributed by atoms with E-state index in [9.17, 15) is 9.59 Å². The van der Waals surface area contributed by atoms with Gasteiger partial charge in [0.25, 0.3) is 0 Å². The molecule has 1 unspecified atom stereocenters. The van der Waals surface area contributed by atoms with E-state index in [2.05, 4.69) is 10.3 Å². The molecule has 24 heavy (non-hydrogen) atoms. The molecule has 0 aromatic rings. The van der Waals surface area contributed by atoms with Gasteiger partial charge in [0.15, 0.2) is 0 Å². The Labute approximate surface area is 142 Å². The highest BCUT2D eigenvalue weighted by Gasteiger charge is 2.26. The van der Waals surface area contributed by atoms with Crippen LogP contribution in [0.2, 0.25) is 0 Å². The fourth-order valence-electron chi connectivity index (χ4n) is 3.66. The third kappa shape index (κ3) is 4.09. The molecular weight excluding hydrogens is 304 g/mol. The van der Waals surface area contributed by atoms with E-state index in [0.29, 0.717) is 24.7 Å². The van der Waals surface area contributed by atoms with E-state index >= 15 is 0 Å². The number of carbonyl (C=O) groups excluding carboxylic acids is 2. The summed E-state index contributed by atoms with van der Waals surface area (Å²) in [6.45, 7) is 0.409. The second kappa shape index (κ2) is 7.71. The van der Waals surface area contributed by atoms with Crippen LogP contribution in [0.15, 0.2) is 40.6 Å². The largest absolute Gasteiger partial charge is 0.380 e. The normalized spacial score (nSPS) is 25.3. The molecule has 2 aliphatic carbocycles. The van der Waals surface area contributed by atoms with Crippen LogP contribution in [-0.2, 0) is 14.3 Å². The second-order valence-corrected chi connectivity index (χ2v) is 6.70. The monoisotopic (exact) mass is 328 g/mol. The van der Waals surface area contributed by atoms with Crippen LogP contribution in [-0.4, -0.2) is 31.2 Å². The molecule has 1 fully saturated rings. The van der Waals surface area contributed by atoms with Crippen LogP contribution < -0.4 is 5.32 Å². The number of rotatable bonds is 5. The Kier molecular flexibility index (Phi) is 5.41. The third-order valence-corrected chi connectivity index (χ3v) is 4.89. The lowest BCUT2D eigenvalue weighted by Crippen LogP contribution is -2.34. The summed E-state index contributed by atoms with van der Waals surface area (Å²) in [5.74, 6) is 0.451. The van der Waals surface area contributed by atoms with Gasteiger partial charge in [0.1, 0.15) is 0 Å². The third-order valence-electron chi connectivity index (χ3n) is 4.89. The van der Waals surface area contributed by atoms with Gasteiger partial charge in [-0.15, -0.1) is 0 Å². The van der Waals surface area contributed by atoms with Gasteiger partial charge in [0, 0.05) is 31.2 Å². The number of ether oxygens (including phenoxy) is 1. The van der Waals surface area contributed by atoms with E-state index in [1.807, 2.05) is 12.2 Å². The predicted octanol–water partition coefficient (Wildman–Crippen LogP) is 2.70. The van der Waals surface area contributed by atoms with Crippen LogP contribution in [0.5, 0.6) is 0 Å². The maximum Gasteiger partial charge on any atom is 0.248 e.